The number of hydrogen-bond donors (Lipinski definition) is 1. The van der Waals surface area contributed by atoms with Crippen LogP contribution in [0.4, 0.5) is 10.5 Å². The summed E-state index contributed by atoms with van der Waals surface area (Å²) in [5.74, 6) is 4.32. The first-order valence-corrected chi connectivity index (χ1v) is 12.1. The highest BCUT2D eigenvalue weighted by Gasteiger charge is 2.46. The van der Waals surface area contributed by atoms with Crippen molar-refractivity contribution in [1.29, 1.82) is 0 Å². The number of fused-ring (bicyclic) bond motifs is 1. The standard InChI is InChI=1S/C25H35N3O2/c1-2-3-4-5-6-9-26-25(29)30-22-8-7-19-16-28-21-13-17-10-18(14-21)12-20(11-17)24(28)27-23(19)15-22/h7-8,15,17-18,20-21H,2-6,9-14,16H2,1H3,(H,26,29)/t17-,18-,20?,21?/m0/s1. The summed E-state index contributed by atoms with van der Waals surface area (Å²) in [6, 6.07) is 6.64. The minimum Gasteiger partial charge on any atom is -0.410 e. The molecular weight excluding hydrogens is 374 g/mol. The fraction of sp³-hybridized carbons (Fsp3) is 0.680. The Morgan fingerprint density at radius 1 is 1.10 bits per heavy atom. The van der Waals surface area contributed by atoms with Crippen LogP contribution in [0.5, 0.6) is 5.75 Å². The molecule has 0 unspecified atom stereocenters. The van der Waals surface area contributed by atoms with E-state index in [1.165, 1.54) is 62.8 Å². The van der Waals surface area contributed by atoms with Crippen LogP contribution >= 0.6 is 0 Å². The lowest BCUT2D eigenvalue weighted by Crippen LogP contribution is -2.41. The van der Waals surface area contributed by atoms with Crippen molar-refractivity contribution in [1.82, 2.24) is 10.2 Å². The Morgan fingerprint density at radius 3 is 2.70 bits per heavy atom. The number of carbonyl (C=O) groups is 1. The van der Waals surface area contributed by atoms with Crippen LogP contribution in [0, 0.1) is 17.8 Å². The average molecular weight is 410 g/mol. The quantitative estimate of drug-likeness (QED) is 0.579. The largest absolute Gasteiger partial charge is 0.412 e. The maximum atomic E-state index is 12.2. The number of ether oxygens (including phenoxy) is 1. The number of aliphatic imine (C=N–C) groups is 1. The van der Waals surface area contributed by atoms with E-state index in [1.807, 2.05) is 12.1 Å². The van der Waals surface area contributed by atoms with Crippen LogP contribution in [0.3, 0.4) is 0 Å². The number of amidine groups is 1. The van der Waals surface area contributed by atoms with Gasteiger partial charge in [-0.15, -0.1) is 0 Å². The van der Waals surface area contributed by atoms with E-state index in [1.54, 1.807) is 0 Å². The first-order chi connectivity index (χ1) is 14.7. The number of benzene rings is 1. The number of rotatable bonds is 7. The summed E-state index contributed by atoms with van der Waals surface area (Å²) in [7, 11) is 0. The molecule has 0 aromatic heterocycles. The molecular formula is C25H35N3O2. The van der Waals surface area contributed by atoms with Gasteiger partial charge in [-0.1, -0.05) is 38.7 Å². The zero-order valence-corrected chi connectivity index (χ0v) is 18.2. The minimum absolute atomic E-state index is 0.360. The monoisotopic (exact) mass is 409 g/mol. The number of unbranched alkanes of at least 4 members (excludes halogenated alkanes) is 4. The number of amides is 1. The molecule has 3 aliphatic heterocycles. The van der Waals surface area contributed by atoms with Crippen LogP contribution in [0.25, 0.3) is 0 Å². The molecule has 162 valence electrons. The third-order valence-corrected chi connectivity index (χ3v) is 7.61. The second-order valence-corrected chi connectivity index (χ2v) is 9.88. The van der Waals surface area contributed by atoms with Crippen molar-refractivity contribution >= 4 is 17.6 Å². The summed E-state index contributed by atoms with van der Waals surface area (Å²) in [5, 5.41) is 2.88. The highest BCUT2D eigenvalue weighted by Crippen LogP contribution is 2.50. The molecule has 4 bridgehead atoms. The van der Waals surface area contributed by atoms with Gasteiger partial charge in [0.15, 0.2) is 0 Å². The molecule has 2 saturated heterocycles. The van der Waals surface area contributed by atoms with E-state index in [0.29, 0.717) is 24.3 Å². The first-order valence-electron chi connectivity index (χ1n) is 12.1. The lowest BCUT2D eigenvalue weighted by molar-refractivity contribution is 0.128. The zero-order chi connectivity index (χ0) is 20.5. The van der Waals surface area contributed by atoms with Gasteiger partial charge in [-0.05, 0) is 62.0 Å². The summed E-state index contributed by atoms with van der Waals surface area (Å²) in [6.07, 6.45) is 12.3. The summed E-state index contributed by atoms with van der Waals surface area (Å²) in [4.78, 5) is 19.9. The van der Waals surface area contributed by atoms with Gasteiger partial charge in [-0.3, -0.25) is 0 Å². The highest BCUT2D eigenvalue weighted by atomic mass is 16.6. The van der Waals surface area contributed by atoms with Crippen LogP contribution in [0.15, 0.2) is 23.2 Å². The van der Waals surface area contributed by atoms with Gasteiger partial charge in [0, 0.05) is 31.1 Å². The maximum Gasteiger partial charge on any atom is 0.412 e. The average Bonchev–Trinajstić information content (AvgIpc) is 2.89. The molecule has 4 fully saturated rings. The molecule has 1 N–H and O–H groups in total. The van der Waals surface area contributed by atoms with E-state index >= 15 is 0 Å². The first kappa shape index (κ1) is 19.9. The van der Waals surface area contributed by atoms with Crippen molar-refractivity contribution in [2.75, 3.05) is 6.54 Å². The third-order valence-electron chi connectivity index (χ3n) is 7.61. The number of nitrogens with zero attached hydrogens (tertiary/aromatic N) is 2. The van der Waals surface area contributed by atoms with E-state index in [2.05, 4.69) is 23.2 Å². The van der Waals surface area contributed by atoms with E-state index < -0.39 is 0 Å². The van der Waals surface area contributed by atoms with E-state index in [9.17, 15) is 4.79 Å². The van der Waals surface area contributed by atoms with Crippen LogP contribution in [-0.4, -0.2) is 29.4 Å². The van der Waals surface area contributed by atoms with Crippen molar-refractivity contribution in [2.45, 2.75) is 83.7 Å². The Bertz CT molecular complexity index is 807. The van der Waals surface area contributed by atoms with Crippen molar-refractivity contribution in [3.05, 3.63) is 23.8 Å². The fourth-order valence-electron chi connectivity index (χ4n) is 6.28. The van der Waals surface area contributed by atoms with Crippen LogP contribution < -0.4 is 10.1 Å². The molecule has 2 saturated carbocycles. The predicted octanol–water partition coefficient (Wildman–Crippen LogP) is 5.80. The van der Waals surface area contributed by atoms with Gasteiger partial charge >= 0.3 is 6.09 Å². The second-order valence-electron chi connectivity index (χ2n) is 9.88. The predicted molar refractivity (Wildman–Crippen MR) is 119 cm³/mol. The summed E-state index contributed by atoms with van der Waals surface area (Å²) >= 11 is 0. The SMILES string of the molecule is CCCCCCCNC(=O)Oc1ccc2c(c1)N=C1C3C[C@H]4CC(C[C@H](C3)C4)N1C2. The number of nitrogens with one attached hydrogen (secondary N) is 1. The van der Waals surface area contributed by atoms with Crippen LogP contribution in [-0.2, 0) is 6.54 Å². The molecule has 0 spiro atoms. The topological polar surface area (TPSA) is 53.9 Å². The third kappa shape index (κ3) is 4.08. The molecule has 1 aromatic carbocycles. The van der Waals surface area contributed by atoms with E-state index in [0.717, 1.165) is 36.9 Å². The fourth-order valence-corrected chi connectivity index (χ4v) is 6.28. The molecule has 5 aliphatic rings. The molecule has 30 heavy (non-hydrogen) atoms. The maximum absolute atomic E-state index is 12.2. The normalized spacial score (nSPS) is 28.4. The Morgan fingerprint density at radius 2 is 1.90 bits per heavy atom. The van der Waals surface area contributed by atoms with Gasteiger partial charge in [0.2, 0.25) is 0 Å². The van der Waals surface area contributed by atoms with E-state index in [-0.39, 0.29) is 6.09 Å². The van der Waals surface area contributed by atoms with Gasteiger partial charge in [0.05, 0.1) is 5.69 Å². The van der Waals surface area contributed by atoms with Crippen LogP contribution in [0.2, 0.25) is 0 Å². The molecule has 0 radical (unpaired) electrons. The lowest BCUT2D eigenvalue weighted by Gasteiger charge is -2.39. The summed E-state index contributed by atoms with van der Waals surface area (Å²) in [6.45, 7) is 3.84. The molecule has 2 aliphatic carbocycles. The molecule has 2 atom stereocenters. The van der Waals surface area contributed by atoms with Gasteiger partial charge < -0.3 is 15.0 Å². The molecule has 6 rings (SSSR count). The van der Waals surface area contributed by atoms with Crippen molar-refractivity contribution in [3.8, 4) is 5.75 Å². The molecule has 1 aromatic rings. The molecule has 3 heterocycles. The second kappa shape index (κ2) is 8.60. The van der Waals surface area contributed by atoms with Crippen molar-refractivity contribution < 1.29 is 9.53 Å². The van der Waals surface area contributed by atoms with Crippen LogP contribution in [0.1, 0.15) is 76.7 Å². The molecule has 1 amide bonds. The smallest absolute Gasteiger partial charge is 0.410 e. The Balaban J connectivity index is 1.23. The minimum atomic E-state index is -0.360. The highest BCUT2D eigenvalue weighted by molar-refractivity contribution is 5.90. The van der Waals surface area contributed by atoms with E-state index in [4.69, 9.17) is 9.73 Å². The lowest BCUT2D eigenvalue weighted by atomic mass is 9.68. The molecule has 5 heteroatoms. The Labute approximate surface area is 180 Å². The van der Waals surface area contributed by atoms with Gasteiger partial charge in [0.1, 0.15) is 11.6 Å². The van der Waals surface area contributed by atoms with Crippen molar-refractivity contribution in [3.63, 3.8) is 0 Å². The van der Waals surface area contributed by atoms with Crippen molar-refractivity contribution in [2.24, 2.45) is 22.7 Å². The zero-order valence-electron chi connectivity index (χ0n) is 18.2. The number of hydrogen-bond acceptors (Lipinski definition) is 4. The number of carbonyl (C=O) groups excluding carboxylic acids is 1. The summed E-state index contributed by atoms with van der Waals surface area (Å²) < 4.78 is 5.55. The van der Waals surface area contributed by atoms with Gasteiger partial charge in [-0.2, -0.15) is 0 Å². The Hall–Kier alpha value is -2.04. The Kier molecular flexibility index (Phi) is 5.70. The van der Waals surface area contributed by atoms with Gasteiger partial charge in [0.25, 0.3) is 0 Å². The summed E-state index contributed by atoms with van der Waals surface area (Å²) in [5.41, 5.74) is 2.25. The van der Waals surface area contributed by atoms with Gasteiger partial charge in [-0.25, -0.2) is 9.79 Å². The molecule has 5 nitrogen and oxygen atoms in total.